The van der Waals surface area contributed by atoms with E-state index in [4.69, 9.17) is 16.8 Å². The summed E-state index contributed by atoms with van der Waals surface area (Å²) in [6.45, 7) is 3.47. The lowest BCUT2D eigenvalue weighted by molar-refractivity contribution is -0.130. The molecule has 2 aromatic carbocycles. The fourth-order valence-electron chi connectivity index (χ4n) is 2.33. The monoisotopic (exact) mass is 379 g/mol. The third-order valence-corrected chi connectivity index (χ3v) is 5.57. The number of rotatable bonds is 7. The first-order valence-electron chi connectivity index (χ1n) is 7.96. The second kappa shape index (κ2) is 8.72. The highest BCUT2D eigenvalue weighted by Gasteiger charge is 2.27. The molecule has 0 aliphatic carbocycles. The Hall–Kier alpha value is -1.53. The molecule has 0 aliphatic rings. The summed E-state index contributed by atoms with van der Waals surface area (Å²) in [5.41, 5.74) is 4.63. The van der Waals surface area contributed by atoms with Crippen LogP contribution in [-0.2, 0) is 4.79 Å². The lowest BCUT2D eigenvalue weighted by Crippen LogP contribution is -2.38. The van der Waals surface area contributed by atoms with Crippen LogP contribution in [-0.4, -0.2) is 26.7 Å². The second-order valence-electron chi connectivity index (χ2n) is 6.23. The van der Waals surface area contributed by atoms with E-state index < -0.39 is 16.8 Å². The molecule has 0 heterocycles. The van der Waals surface area contributed by atoms with E-state index in [1.165, 1.54) is 11.8 Å². The van der Waals surface area contributed by atoms with Crippen LogP contribution in [0.5, 0.6) is 0 Å². The summed E-state index contributed by atoms with van der Waals surface area (Å²) >= 11 is 7.29. The van der Waals surface area contributed by atoms with Gasteiger partial charge in [-0.25, -0.2) is 5.48 Å². The van der Waals surface area contributed by atoms with Gasteiger partial charge in [0.15, 0.2) is 0 Å². The molecule has 1 atom stereocenters. The predicted octanol–water partition coefficient (Wildman–Crippen LogP) is 4.45. The van der Waals surface area contributed by atoms with Crippen molar-refractivity contribution >= 4 is 29.3 Å². The molecular formula is C19H22ClNO3S. The Kier molecular flexibility index (Phi) is 6.90. The molecular weight excluding hydrogens is 358 g/mol. The van der Waals surface area contributed by atoms with Gasteiger partial charge in [-0.15, -0.1) is 11.8 Å². The maximum Gasteiger partial charge on any atom is 0.258 e. The number of hydrogen-bond donors (Lipinski definition) is 3. The fraction of sp³-hybridized carbons (Fsp3) is 0.316. The number of carbonyl (C=O) groups excluding carboxylic acids is 1. The van der Waals surface area contributed by atoms with Crippen molar-refractivity contribution in [2.24, 2.45) is 0 Å². The molecule has 2 rings (SSSR count). The molecule has 0 saturated heterocycles. The minimum absolute atomic E-state index is 0.445. The van der Waals surface area contributed by atoms with Crippen LogP contribution in [0.2, 0.25) is 5.02 Å². The molecule has 2 aromatic rings. The highest BCUT2D eigenvalue weighted by Crippen LogP contribution is 2.29. The van der Waals surface area contributed by atoms with E-state index in [1.54, 1.807) is 19.3 Å². The maximum atomic E-state index is 11.5. The first kappa shape index (κ1) is 19.8. The Morgan fingerprint density at radius 1 is 1.12 bits per heavy atom. The topological polar surface area (TPSA) is 69.6 Å². The van der Waals surface area contributed by atoms with Crippen molar-refractivity contribution in [2.45, 2.75) is 31.1 Å². The van der Waals surface area contributed by atoms with Gasteiger partial charge in [0.25, 0.3) is 5.91 Å². The summed E-state index contributed by atoms with van der Waals surface area (Å²) in [5, 5.41) is 19.8. The molecule has 0 spiro atoms. The zero-order valence-electron chi connectivity index (χ0n) is 14.2. The van der Waals surface area contributed by atoms with Gasteiger partial charge in [-0.2, -0.15) is 0 Å². The summed E-state index contributed by atoms with van der Waals surface area (Å²) in [6, 6.07) is 15.4. The van der Waals surface area contributed by atoms with Crippen LogP contribution in [0.4, 0.5) is 0 Å². The number of thioether (sulfide) groups is 1. The molecule has 25 heavy (non-hydrogen) atoms. The van der Waals surface area contributed by atoms with Gasteiger partial charge in [-0.05, 0) is 54.8 Å². The largest absolute Gasteiger partial charge is 0.388 e. The van der Waals surface area contributed by atoms with Crippen LogP contribution >= 0.6 is 23.4 Å². The van der Waals surface area contributed by atoms with Crippen LogP contribution in [0.15, 0.2) is 48.5 Å². The number of benzene rings is 2. The number of aliphatic hydroxyl groups excluding tert-OH is 1. The first-order valence-corrected chi connectivity index (χ1v) is 9.32. The molecule has 6 heteroatoms. The fourth-order valence-corrected chi connectivity index (χ4v) is 3.49. The van der Waals surface area contributed by atoms with Gasteiger partial charge in [-0.1, -0.05) is 48.0 Å². The van der Waals surface area contributed by atoms with Crippen molar-refractivity contribution in [3.63, 3.8) is 0 Å². The quantitative estimate of drug-likeness (QED) is 0.491. The van der Waals surface area contributed by atoms with Crippen molar-refractivity contribution in [1.82, 2.24) is 5.48 Å². The van der Waals surface area contributed by atoms with Crippen molar-refractivity contribution in [3.05, 3.63) is 59.1 Å². The number of hydroxylamine groups is 1. The molecule has 0 fully saturated rings. The number of halogens is 1. The van der Waals surface area contributed by atoms with Gasteiger partial charge in [0.05, 0.1) is 10.9 Å². The smallest absolute Gasteiger partial charge is 0.258 e. The molecule has 4 nitrogen and oxygen atoms in total. The van der Waals surface area contributed by atoms with Gasteiger partial charge < -0.3 is 5.11 Å². The van der Waals surface area contributed by atoms with Crippen molar-refractivity contribution in [3.8, 4) is 11.1 Å². The Bertz CT molecular complexity index is 702. The SMILES string of the molecule is CC(C)(SCCC(O)c1ccc(-c2ccc(Cl)cc2)cc1)C(=O)NO. The average Bonchev–Trinajstić information content (AvgIpc) is 2.61. The van der Waals surface area contributed by atoms with Crippen LogP contribution in [0, 0.1) is 0 Å². The van der Waals surface area contributed by atoms with E-state index in [0.29, 0.717) is 17.2 Å². The van der Waals surface area contributed by atoms with Crippen molar-refractivity contribution < 1.29 is 15.1 Å². The lowest BCUT2D eigenvalue weighted by atomic mass is 10.0. The van der Waals surface area contributed by atoms with E-state index in [0.717, 1.165) is 16.7 Å². The highest BCUT2D eigenvalue weighted by molar-refractivity contribution is 8.01. The number of nitrogens with one attached hydrogen (secondary N) is 1. The molecule has 0 bridgehead atoms. The normalized spacial score (nSPS) is 12.7. The zero-order valence-corrected chi connectivity index (χ0v) is 15.8. The van der Waals surface area contributed by atoms with Crippen LogP contribution < -0.4 is 5.48 Å². The van der Waals surface area contributed by atoms with Crippen LogP contribution in [0.25, 0.3) is 11.1 Å². The van der Waals surface area contributed by atoms with Crippen molar-refractivity contribution in [1.29, 1.82) is 0 Å². The Balaban J connectivity index is 1.93. The minimum atomic E-state index is -0.743. The summed E-state index contributed by atoms with van der Waals surface area (Å²) in [4.78, 5) is 11.5. The van der Waals surface area contributed by atoms with E-state index in [1.807, 2.05) is 48.5 Å². The third kappa shape index (κ3) is 5.47. The zero-order chi connectivity index (χ0) is 18.4. The average molecular weight is 380 g/mol. The van der Waals surface area contributed by atoms with Gasteiger partial charge in [0, 0.05) is 5.02 Å². The van der Waals surface area contributed by atoms with E-state index in [-0.39, 0.29) is 0 Å². The highest BCUT2D eigenvalue weighted by atomic mass is 35.5. The van der Waals surface area contributed by atoms with Crippen LogP contribution in [0.3, 0.4) is 0 Å². The molecule has 0 saturated carbocycles. The molecule has 1 amide bonds. The van der Waals surface area contributed by atoms with E-state index >= 15 is 0 Å². The maximum absolute atomic E-state index is 11.5. The number of aliphatic hydroxyl groups is 1. The van der Waals surface area contributed by atoms with Gasteiger partial charge in [0.2, 0.25) is 0 Å². The molecule has 0 radical (unpaired) electrons. The molecule has 0 aliphatic heterocycles. The minimum Gasteiger partial charge on any atom is -0.388 e. The van der Waals surface area contributed by atoms with E-state index in [9.17, 15) is 9.90 Å². The molecule has 3 N–H and O–H groups in total. The summed E-state index contributed by atoms with van der Waals surface area (Å²) in [5.74, 6) is 0.153. The second-order valence-corrected chi connectivity index (χ2v) is 8.39. The predicted molar refractivity (Wildman–Crippen MR) is 103 cm³/mol. The Morgan fingerprint density at radius 3 is 2.16 bits per heavy atom. The van der Waals surface area contributed by atoms with Crippen LogP contribution in [0.1, 0.15) is 31.9 Å². The molecule has 134 valence electrons. The van der Waals surface area contributed by atoms with Crippen molar-refractivity contribution in [2.75, 3.05) is 5.75 Å². The molecule has 1 unspecified atom stereocenters. The molecule has 0 aromatic heterocycles. The van der Waals surface area contributed by atoms with E-state index in [2.05, 4.69) is 0 Å². The third-order valence-electron chi connectivity index (χ3n) is 3.98. The summed E-state index contributed by atoms with van der Waals surface area (Å²) < 4.78 is -0.743. The van der Waals surface area contributed by atoms with Gasteiger partial charge >= 0.3 is 0 Å². The first-order chi connectivity index (χ1) is 11.8. The summed E-state index contributed by atoms with van der Waals surface area (Å²) in [7, 11) is 0. The van der Waals surface area contributed by atoms with Gasteiger partial charge in [-0.3, -0.25) is 10.0 Å². The Morgan fingerprint density at radius 2 is 1.64 bits per heavy atom. The lowest BCUT2D eigenvalue weighted by Gasteiger charge is -2.22. The number of carbonyl (C=O) groups is 1. The number of amides is 1. The van der Waals surface area contributed by atoms with Gasteiger partial charge in [0.1, 0.15) is 0 Å². The number of hydrogen-bond acceptors (Lipinski definition) is 4. The standard InChI is InChI=1S/C19H22ClNO3S/c1-19(2,18(23)21-24)25-12-11-17(22)15-5-3-13(4-6-15)14-7-9-16(20)10-8-14/h3-10,17,22,24H,11-12H2,1-2H3,(H,21,23). The summed E-state index contributed by atoms with van der Waals surface area (Å²) in [6.07, 6.45) is -0.0765. The Labute approximate surface area is 157 Å².